The van der Waals surface area contributed by atoms with Crippen LogP contribution in [0.15, 0.2) is 57.9 Å². The number of sulfonamides is 1. The normalized spacial score (nSPS) is 11.7. The number of azide groups is 1. The quantitative estimate of drug-likeness (QED) is 0.154. The summed E-state index contributed by atoms with van der Waals surface area (Å²) in [5.74, 6) is 1.10. The fraction of sp³-hybridized carbons (Fsp3) is 0.429. The molecule has 0 unspecified atom stereocenters. The second-order valence-corrected chi connectivity index (χ2v) is 11.0. The Morgan fingerprint density at radius 1 is 0.875 bits per heavy atom. The van der Waals surface area contributed by atoms with Crippen molar-refractivity contribution >= 4 is 18.8 Å². The third-order valence-electron chi connectivity index (χ3n) is 4.47. The number of hydrogen-bond acceptors (Lipinski definition) is 6. The topological polar surface area (TPSA) is 120 Å². The van der Waals surface area contributed by atoms with Crippen LogP contribution in [-0.4, -0.2) is 37.0 Å². The van der Waals surface area contributed by atoms with E-state index in [1.807, 2.05) is 45.0 Å². The number of benzene rings is 2. The minimum atomic E-state index is -4.01. The van der Waals surface area contributed by atoms with Gasteiger partial charge in [0.15, 0.2) is 0 Å². The van der Waals surface area contributed by atoms with E-state index in [2.05, 4.69) is 9.43 Å². The number of hydrogen-bond donors (Lipinski definition) is 0. The van der Waals surface area contributed by atoms with Gasteiger partial charge in [0.1, 0.15) is 11.5 Å². The summed E-state index contributed by atoms with van der Waals surface area (Å²) in [7, 11) is -6.64. The summed E-state index contributed by atoms with van der Waals surface area (Å²) in [5.41, 5.74) is 9.49. The van der Waals surface area contributed by atoms with E-state index < -0.39 is 18.8 Å². The Morgan fingerprint density at radius 2 is 1.38 bits per heavy atom. The van der Waals surface area contributed by atoms with Crippen molar-refractivity contribution in [2.75, 3.05) is 19.8 Å². The Balaban J connectivity index is 1.95. The molecule has 0 atom stereocenters. The largest absolute Gasteiger partial charge is 0.500 e. The molecule has 0 aliphatic heterocycles. The van der Waals surface area contributed by atoms with Gasteiger partial charge in [-0.2, -0.15) is 0 Å². The zero-order chi connectivity index (χ0) is 23.5. The first-order valence-corrected chi connectivity index (χ1v) is 13.8. The standard InChI is InChI=1S/C21H29N3O6SSi/c1-4-27-32(28-5-2,29-6-3)17-7-8-18-9-11-19(12-10-18)30-20-13-15-21(16-14-20)31(25,26)24-23-22/h9-16H,4-8,17H2,1-3H3. The molecule has 0 amide bonds. The van der Waals surface area contributed by atoms with E-state index in [-0.39, 0.29) is 4.90 Å². The average Bonchev–Trinajstić information content (AvgIpc) is 2.76. The molecule has 0 N–H and O–H groups in total. The molecule has 2 rings (SSSR count). The molecule has 0 bridgehead atoms. The van der Waals surface area contributed by atoms with Gasteiger partial charge in [-0.3, -0.25) is 0 Å². The maximum atomic E-state index is 11.7. The fourth-order valence-corrected chi connectivity index (χ4v) is 6.43. The molecule has 32 heavy (non-hydrogen) atoms. The molecule has 0 saturated carbocycles. The van der Waals surface area contributed by atoms with Crippen LogP contribution in [0.2, 0.25) is 6.04 Å². The monoisotopic (exact) mass is 479 g/mol. The third-order valence-corrected chi connectivity index (χ3v) is 8.77. The van der Waals surface area contributed by atoms with Crippen LogP contribution in [0.1, 0.15) is 32.8 Å². The van der Waals surface area contributed by atoms with Crippen LogP contribution in [-0.2, 0) is 29.7 Å². The Bertz CT molecular complexity index is 976. The maximum absolute atomic E-state index is 11.7. The van der Waals surface area contributed by atoms with E-state index in [0.717, 1.165) is 24.4 Å². The molecule has 0 saturated heterocycles. The molecule has 11 heteroatoms. The van der Waals surface area contributed by atoms with Crippen molar-refractivity contribution < 1.29 is 26.4 Å². The summed E-state index contributed by atoms with van der Waals surface area (Å²) >= 11 is 0. The SMILES string of the molecule is CCO[Si](CCCc1ccc(Oc2ccc(S(=O)(=O)N=[N+]=[N-])cc2)cc1)(OCC)OCC. The Labute approximate surface area is 190 Å². The third kappa shape index (κ3) is 7.63. The van der Waals surface area contributed by atoms with Gasteiger partial charge in [-0.1, -0.05) is 12.1 Å². The highest BCUT2D eigenvalue weighted by molar-refractivity contribution is 7.90. The van der Waals surface area contributed by atoms with Crippen LogP contribution in [0.25, 0.3) is 10.4 Å². The predicted molar refractivity (Wildman–Crippen MR) is 123 cm³/mol. The Kier molecular flexibility index (Phi) is 10.2. The van der Waals surface area contributed by atoms with Gasteiger partial charge in [0.25, 0.3) is 10.0 Å². The first kappa shape index (κ1) is 25.9. The van der Waals surface area contributed by atoms with Crippen molar-refractivity contribution in [2.45, 2.75) is 44.6 Å². The molecule has 2 aromatic rings. The summed E-state index contributed by atoms with van der Waals surface area (Å²) in [5, 5.41) is 0. The van der Waals surface area contributed by atoms with E-state index in [1.54, 1.807) is 0 Å². The van der Waals surface area contributed by atoms with Gasteiger partial charge >= 0.3 is 8.80 Å². The molecular formula is C21H29N3O6SSi. The summed E-state index contributed by atoms with van der Waals surface area (Å²) < 4.78 is 49.7. The highest BCUT2D eigenvalue weighted by atomic mass is 32.2. The van der Waals surface area contributed by atoms with Crippen LogP contribution < -0.4 is 4.74 Å². The van der Waals surface area contributed by atoms with Gasteiger partial charge in [-0.05, 0) is 81.1 Å². The van der Waals surface area contributed by atoms with E-state index in [0.29, 0.717) is 31.3 Å². The van der Waals surface area contributed by atoms with Crippen molar-refractivity contribution in [2.24, 2.45) is 4.52 Å². The van der Waals surface area contributed by atoms with E-state index in [4.69, 9.17) is 23.5 Å². The maximum Gasteiger partial charge on any atom is 0.500 e. The van der Waals surface area contributed by atoms with E-state index >= 15 is 0 Å². The molecule has 0 aliphatic carbocycles. The zero-order valence-corrected chi connectivity index (χ0v) is 20.4. The second kappa shape index (κ2) is 12.6. The first-order valence-electron chi connectivity index (χ1n) is 10.5. The van der Waals surface area contributed by atoms with Gasteiger partial charge in [-0.25, -0.2) is 8.42 Å². The number of rotatable bonds is 14. The molecule has 9 nitrogen and oxygen atoms in total. The fourth-order valence-electron chi connectivity index (χ4n) is 3.15. The lowest BCUT2D eigenvalue weighted by Crippen LogP contribution is -2.46. The van der Waals surface area contributed by atoms with Gasteiger partial charge < -0.3 is 18.0 Å². The molecule has 0 spiro atoms. The van der Waals surface area contributed by atoms with Crippen molar-refractivity contribution in [3.05, 3.63) is 64.5 Å². The Hall–Kier alpha value is -2.40. The van der Waals surface area contributed by atoms with Crippen LogP contribution in [0.5, 0.6) is 11.5 Å². The minimum absolute atomic E-state index is 0.0937. The average molecular weight is 480 g/mol. The molecule has 174 valence electrons. The van der Waals surface area contributed by atoms with Gasteiger partial charge in [0.2, 0.25) is 0 Å². The highest BCUT2D eigenvalue weighted by Crippen LogP contribution is 2.25. The summed E-state index contributed by atoms with van der Waals surface area (Å²) in [6, 6.07) is 14.1. The summed E-state index contributed by atoms with van der Waals surface area (Å²) in [6.07, 6.45) is 1.74. The number of nitrogens with zero attached hydrogens (tertiary/aromatic N) is 3. The summed E-state index contributed by atoms with van der Waals surface area (Å²) in [6.45, 7) is 7.55. The highest BCUT2D eigenvalue weighted by Gasteiger charge is 2.39. The van der Waals surface area contributed by atoms with Gasteiger partial charge in [-0.15, -0.1) is 0 Å². The molecule has 0 fully saturated rings. The van der Waals surface area contributed by atoms with E-state index in [9.17, 15) is 8.42 Å². The molecular weight excluding hydrogens is 450 g/mol. The van der Waals surface area contributed by atoms with Crippen LogP contribution >= 0.6 is 0 Å². The lowest BCUT2D eigenvalue weighted by Gasteiger charge is -2.28. The molecule has 2 aromatic carbocycles. The molecule has 0 heterocycles. The first-order chi connectivity index (χ1) is 15.4. The molecule has 0 aliphatic rings. The number of ether oxygens (including phenoxy) is 1. The molecule has 0 aromatic heterocycles. The van der Waals surface area contributed by atoms with Gasteiger partial charge in [0.05, 0.1) is 4.90 Å². The van der Waals surface area contributed by atoms with Crippen LogP contribution in [0.3, 0.4) is 0 Å². The zero-order valence-electron chi connectivity index (χ0n) is 18.6. The number of aryl methyl sites for hydroxylation is 1. The smallest absolute Gasteiger partial charge is 0.457 e. The van der Waals surface area contributed by atoms with Crippen molar-refractivity contribution in [3.8, 4) is 11.5 Å². The van der Waals surface area contributed by atoms with Crippen LogP contribution in [0, 0.1) is 0 Å². The predicted octanol–water partition coefficient (Wildman–Crippen LogP) is 5.46. The Morgan fingerprint density at radius 3 is 1.84 bits per heavy atom. The molecule has 0 radical (unpaired) electrons. The van der Waals surface area contributed by atoms with E-state index in [1.165, 1.54) is 24.3 Å². The van der Waals surface area contributed by atoms with Crippen molar-refractivity contribution in [1.82, 2.24) is 0 Å². The van der Waals surface area contributed by atoms with Crippen LogP contribution in [0.4, 0.5) is 0 Å². The lowest BCUT2D eigenvalue weighted by atomic mass is 10.1. The second-order valence-electron chi connectivity index (χ2n) is 6.70. The van der Waals surface area contributed by atoms with Crippen molar-refractivity contribution in [3.63, 3.8) is 0 Å². The minimum Gasteiger partial charge on any atom is -0.457 e. The summed E-state index contributed by atoms with van der Waals surface area (Å²) in [4.78, 5) is 2.24. The van der Waals surface area contributed by atoms with Gasteiger partial charge in [0, 0.05) is 35.3 Å². The lowest BCUT2D eigenvalue weighted by molar-refractivity contribution is 0.0708. The van der Waals surface area contributed by atoms with Crippen molar-refractivity contribution in [1.29, 1.82) is 0 Å².